The zero-order valence-electron chi connectivity index (χ0n) is 10.4. The van der Waals surface area contributed by atoms with Crippen LogP contribution in [0.4, 0.5) is 0 Å². The molecule has 1 atom stereocenters. The van der Waals surface area contributed by atoms with Gasteiger partial charge in [-0.1, -0.05) is 5.16 Å². The van der Waals surface area contributed by atoms with Crippen LogP contribution in [0, 0.1) is 9.81 Å². The Hall–Kier alpha value is -0.890. The molecule has 0 aromatic carbocycles. The molecular formula is C13H13IN2O2S. The SMILES string of the molecule is Cc1cc(C2CCCN2C(=O)c2csc(I)c2)on1. The lowest BCUT2D eigenvalue weighted by Crippen LogP contribution is -2.30. The number of likely N-dealkylation sites (tertiary alicyclic amines) is 1. The van der Waals surface area contributed by atoms with Gasteiger partial charge in [-0.2, -0.15) is 0 Å². The lowest BCUT2D eigenvalue weighted by molar-refractivity contribution is 0.0715. The van der Waals surface area contributed by atoms with E-state index in [4.69, 9.17) is 4.52 Å². The summed E-state index contributed by atoms with van der Waals surface area (Å²) in [6, 6.07) is 3.90. The minimum Gasteiger partial charge on any atom is -0.359 e. The van der Waals surface area contributed by atoms with Gasteiger partial charge in [0.05, 0.1) is 20.2 Å². The smallest absolute Gasteiger partial charge is 0.255 e. The highest BCUT2D eigenvalue weighted by Crippen LogP contribution is 2.34. The lowest BCUT2D eigenvalue weighted by atomic mass is 10.1. The van der Waals surface area contributed by atoms with Gasteiger partial charge in [0.1, 0.15) is 0 Å². The molecule has 0 radical (unpaired) electrons. The molecule has 0 N–H and O–H groups in total. The van der Waals surface area contributed by atoms with Crippen molar-refractivity contribution in [1.29, 1.82) is 0 Å². The van der Waals surface area contributed by atoms with Crippen LogP contribution < -0.4 is 0 Å². The number of rotatable bonds is 2. The highest BCUT2D eigenvalue weighted by molar-refractivity contribution is 14.1. The second-order valence-electron chi connectivity index (χ2n) is 4.67. The Bertz CT molecular complexity index is 607. The molecule has 1 amide bonds. The molecule has 3 rings (SSSR count). The fourth-order valence-corrected chi connectivity index (χ4v) is 3.75. The predicted octanol–water partition coefficient (Wildman–Crippen LogP) is 3.63. The van der Waals surface area contributed by atoms with Crippen LogP contribution in [0.25, 0.3) is 0 Å². The Kier molecular flexibility index (Phi) is 3.62. The van der Waals surface area contributed by atoms with Crippen molar-refractivity contribution in [3.05, 3.63) is 37.4 Å². The monoisotopic (exact) mass is 388 g/mol. The third-order valence-corrected chi connectivity index (χ3v) is 5.09. The first-order valence-electron chi connectivity index (χ1n) is 6.13. The number of nitrogens with zero attached hydrogens (tertiary/aromatic N) is 2. The molecule has 3 heterocycles. The molecule has 1 aliphatic rings. The number of hydrogen-bond acceptors (Lipinski definition) is 4. The first kappa shape index (κ1) is 13.1. The second kappa shape index (κ2) is 5.24. The average Bonchev–Trinajstić information content (AvgIpc) is 3.07. The van der Waals surface area contributed by atoms with Gasteiger partial charge in [0.25, 0.3) is 5.91 Å². The molecule has 0 spiro atoms. The van der Waals surface area contributed by atoms with Crippen LogP contribution >= 0.6 is 33.9 Å². The fraction of sp³-hybridized carbons (Fsp3) is 0.385. The first-order chi connectivity index (χ1) is 9.15. The summed E-state index contributed by atoms with van der Waals surface area (Å²) in [6.07, 6.45) is 1.96. The van der Waals surface area contributed by atoms with Gasteiger partial charge in [0, 0.05) is 18.0 Å². The number of hydrogen-bond donors (Lipinski definition) is 0. The molecule has 4 nitrogen and oxygen atoms in total. The number of carbonyl (C=O) groups is 1. The number of thiophene rings is 1. The highest BCUT2D eigenvalue weighted by atomic mass is 127. The van der Waals surface area contributed by atoms with Crippen molar-refractivity contribution in [3.63, 3.8) is 0 Å². The zero-order valence-corrected chi connectivity index (χ0v) is 13.4. The average molecular weight is 388 g/mol. The van der Waals surface area contributed by atoms with Crippen LogP contribution in [0.1, 0.15) is 40.7 Å². The van der Waals surface area contributed by atoms with Crippen molar-refractivity contribution >= 4 is 39.8 Å². The van der Waals surface area contributed by atoms with E-state index >= 15 is 0 Å². The number of amides is 1. The normalized spacial score (nSPS) is 19.1. The Labute approximate surface area is 128 Å². The lowest BCUT2D eigenvalue weighted by Gasteiger charge is -2.22. The molecule has 0 aliphatic carbocycles. The van der Waals surface area contributed by atoms with E-state index in [1.807, 2.05) is 29.3 Å². The van der Waals surface area contributed by atoms with Gasteiger partial charge in [-0.15, -0.1) is 11.3 Å². The number of aryl methyl sites for hydroxylation is 1. The third kappa shape index (κ3) is 2.55. The van der Waals surface area contributed by atoms with Gasteiger partial charge in [0.15, 0.2) is 5.76 Å². The van der Waals surface area contributed by atoms with Crippen molar-refractivity contribution in [2.45, 2.75) is 25.8 Å². The summed E-state index contributed by atoms with van der Waals surface area (Å²) in [5.41, 5.74) is 1.64. The summed E-state index contributed by atoms with van der Waals surface area (Å²) >= 11 is 3.83. The summed E-state index contributed by atoms with van der Waals surface area (Å²) in [6.45, 7) is 2.69. The van der Waals surface area contributed by atoms with Gasteiger partial charge in [-0.05, 0) is 48.4 Å². The van der Waals surface area contributed by atoms with Gasteiger partial charge < -0.3 is 9.42 Å². The number of carbonyl (C=O) groups excluding carboxylic acids is 1. The van der Waals surface area contributed by atoms with Crippen molar-refractivity contribution in [3.8, 4) is 0 Å². The van der Waals surface area contributed by atoms with Crippen LogP contribution in [0.5, 0.6) is 0 Å². The van der Waals surface area contributed by atoms with Gasteiger partial charge >= 0.3 is 0 Å². The molecule has 19 heavy (non-hydrogen) atoms. The Morgan fingerprint density at radius 2 is 2.42 bits per heavy atom. The maximum atomic E-state index is 12.5. The molecule has 1 fully saturated rings. The standard InChI is InChI=1S/C13H13IN2O2S/c1-8-5-11(18-15-8)10-3-2-4-16(10)13(17)9-6-12(14)19-7-9/h5-7,10H,2-4H2,1H3. The highest BCUT2D eigenvalue weighted by Gasteiger charge is 2.33. The van der Waals surface area contributed by atoms with Crippen molar-refractivity contribution in [2.75, 3.05) is 6.54 Å². The van der Waals surface area contributed by atoms with E-state index in [0.717, 1.165) is 39.3 Å². The summed E-state index contributed by atoms with van der Waals surface area (Å²) < 4.78 is 6.46. The number of aromatic nitrogens is 1. The topological polar surface area (TPSA) is 46.3 Å². The quantitative estimate of drug-likeness (QED) is 0.739. The van der Waals surface area contributed by atoms with E-state index in [2.05, 4.69) is 27.7 Å². The van der Waals surface area contributed by atoms with Crippen molar-refractivity contribution < 1.29 is 9.32 Å². The first-order valence-corrected chi connectivity index (χ1v) is 8.09. The minimum absolute atomic E-state index is 0.0336. The van der Waals surface area contributed by atoms with Crippen molar-refractivity contribution in [1.82, 2.24) is 10.1 Å². The van der Waals surface area contributed by atoms with Crippen LogP contribution in [-0.4, -0.2) is 22.5 Å². The molecule has 0 bridgehead atoms. The molecule has 2 aromatic heterocycles. The van der Waals surface area contributed by atoms with Crippen LogP contribution in [0.3, 0.4) is 0 Å². The van der Waals surface area contributed by atoms with Crippen LogP contribution in [0.2, 0.25) is 0 Å². The minimum atomic E-state index is 0.0336. The van der Waals surface area contributed by atoms with Crippen molar-refractivity contribution in [2.24, 2.45) is 0 Å². The summed E-state index contributed by atoms with van der Waals surface area (Å²) in [5, 5.41) is 5.84. The summed E-state index contributed by atoms with van der Waals surface area (Å²) in [4.78, 5) is 14.4. The molecule has 1 unspecified atom stereocenters. The molecule has 6 heteroatoms. The maximum Gasteiger partial charge on any atom is 0.255 e. The van der Waals surface area contributed by atoms with Crippen LogP contribution in [0.15, 0.2) is 22.0 Å². The van der Waals surface area contributed by atoms with Gasteiger partial charge in [-0.3, -0.25) is 4.79 Å². The Morgan fingerprint density at radius 3 is 3.05 bits per heavy atom. The largest absolute Gasteiger partial charge is 0.359 e. The number of halogens is 1. The molecule has 100 valence electrons. The molecule has 1 aliphatic heterocycles. The molecule has 1 saturated heterocycles. The van der Waals surface area contributed by atoms with E-state index in [1.54, 1.807) is 11.3 Å². The van der Waals surface area contributed by atoms with Crippen LogP contribution in [-0.2, 0) is 0 Å². The molecule has 2 aromatic rings. The zero-order chi connectivity index (χ0) is 13.4. The summed E-state index contributed by atoms with van der Waals surface area (Å²) in [7, 11) is 0. The van der Waals surface area contributed by atoms with E-state index in [9.17, 15) is 4.79 Å². The fourth-order valence-electron chi connectivity index (χ4n) is 2.43. The Morgan fingerprint density at radius 1 is 1.58 bits per heavy atom. The Balaban J connectivity index is 1.85. The van der Waals surface area contributed by atoms with E-state index < -0.39 is 0 Å². The van der Waals surface area contributed by atoms with Gasteiger partial charge in [-0.25, -0.2) is 0 Å². The summed E-state index contributed by atoms with van der Waals surface area (Å²) in [5.74, 6) is 0.893. The van der Waals surface area contributed by atoms with E-state index in [0.29, 0.717) is 0 Å². The molecule has 0 saturated carbocycles. The predicted molar refractivity (Wildman–Crippen MR) is 81.3 cm³/mol. The third-order valence-electron chi connectivity index (χ3n) is 3.30. The second-order valence-corrected chi connectivity index (χ2v) is 7.47. The molecular weight excluding hydrogens is 375 g/mol. The van der Waals surface area contributed by atoms with E-state index in [1.165, 1.54) is 0 Å². The van der Waals surface area contributed by atoms with Gasteiger partial charge in [0.2, 0.25) is 0 Å². The van der Waals surface area contributed by atoms with E-state index in [-0.39, 0.29) is 11.9 Å². The maximum absolute atomic E-state index is 12.5.